The normalized spacial score (nSPS) is 20.3. The Kier molecular flexibility index (Phi) is 13.2. The smallest absolute Gasteiger partial charge is 0.410 e. The van der Waals surface area contributed by atoms with E-state index in [1.54, 1.807) is 30.8 Å². The molecular weight excluding hydrogens is 674 g/mol. The van der Waals surface area contributed by atoms with Crippen molar-refractivity contribution in [1.29, 1.82) is 0 Å². The lowest BCUT2D eigenvalue weighted by Crippen LogP contribution is -2.53. The van der Waals surface area contributed by atoms with E-state index < -0.39 is 29.1 Å². The molecular formula is C42H59N3O8. The lowest BCUT2D eigenvalue weighted by molar-refractivity contribution is -0.132. The minimum Gasteiger partial charge on any atom is -0.476 e. The van der Waals surface area contributed by atoms with E-state index in [4.69, 9.17) is 18.9 Å². The van der Waals surface area contributed by atoms with Gasteiger partial charge in [0.2, 0.25) is 5.91 Å². The Morgan fingerprint density at radius 1 is 1.02 bits per heavy atom. The predicted molar refractivity (Wildman–Crippen MR) is 204 cm³/mol. The summed E-state index contributed by atoms with van der Waals surface area (Å²) in [6.07, 6.45) is 3.98. The minimum absolute atomic E-state index is 0.00884. The molecule has 53 heavy (non-hydrogen) atoms. The number of benzene rings is 2. The van der Waals surface area contributed by atoms with E-state index in [1.807, 2.05) is 69.0 Å². The van der Waals surface area contributed by atoms with Gasteiger partial charge in [0.25, 0.3) is 5.91 Å². The zero-order valence-corrected chi connectivity index (χ0v) is 32.7. The number of hydrogen-bond donors (Lipinski definition) is 0. The summed E-state index contributed by atoms with van der Waals surface area (Å²) in [7, 11) is 1.63. The predicted octanol–water partition coefficient (Wildman–Crippen LogP) is 7.16. The molecule has 5 rings (SSSR count). The highest BCUT2D eigenvalue weighted by Crippen LogP contribution is 2.43. The van der Waals surface area contributed by atoms with Gasteiger partial charge >= 0.3 is 6.09 Å². The van der Waals surface area contributed by atoms with Crippen molar-refractivity contribution < 1.29 is 38.1 Å². The Hall–Kier alpha value is -3.96. The van der Waals surface area contributed by atoms with Crippen molar-refractivity contribution in [2.24, 2.45) is 11.8 Å². The molecule has 0 N–H and O–H groups in total. The summed E-state index contributed by atoms with van der Waals surface area (Å²) in [5.74, 6) is -0.585. The largest absolute Gasteiger partial charge is 0.476 e. The van der Waals surface area contributed by atoms with Crippen LogP contribution in [0.2, 0.25) is 0 Å². The molecule has 290 valence electrons. The molecule has 0 unspecified atom stereocenters. The molecule has 3 aliphatic rings. The van der Waals surface area contributed by atoms with Gasteiger partial charge in [-0.2, -0.15) is 0 Å². The van der Waals surface area contributed by atoms with Crippen LogP contribution in [-0.4, -0.2) is 92.4 Å². The summed E-state index contributed by atoms with van der Waals surface area (Å²) in [4.78, 5) is 60.7. The molecule has 0 radical (unpaired) electrons. The fourth-order valence-corrected chi connectivity index (χ4v) is 7.39. The summed E-state index contributed by atoms with van der Waals surface area (Å²) in [6.45, 7) is 13.5. The summed E-state index contributed by atoms with van der Waals surface area (Å²) in [6, 6.07) is 15.8. The van der Waals surface area contributed by atoms with Crippen LogP contribution in [0.3, 0.4) is 0 Å². The van der Waals surface area contributed by atoms with Crippen molar-refractivity contribution in [2.75, 3.05) is 56.4 Å². The van der Waals surface area contributed by atoms with Crippen LogP contribution >= 0.6 is 0 Å². The molecule has 0 bridgehead atoms. The molecule has 3 atom stereocenters. The highest BCUT2D eigenvalue weighted by atomic mass is 16.6. The first-order chi connectivity index (χ1) is 25.2. The number of carbonyl (C=O) groups excluding carboxylic acids is 4. The maximum atomic E-state index is 14.7. The van der Waals surface area contributed by atoms with Crippen molar-refractivity contribution >= 4 is 35.1 Å². The lowest BCUT2D eigenvalue weighted by atomic mass is 9.83. The number of piperidine rings is 1. The zero-order chi connectivity index (χ0) is 38.3. The standard InChI is InChI=1S/C42H59N3O8/c1-8-51-28-30(29-14-10-9-11-15-29)16-12-17-36(46)31-24-32(27-43(26-31)40(49)53-41(2,3)4)38(47)45(33-18-19-33)34-20-21-37-35(25-34)44(22-13-23-50-7)39(48)42(5,6)52-37/h9-11,14-15,20-21,25,30-33H,8,12-13,16-19,22-24,26-28H2,1-7H3/t30-,31-,32+/m0/s1. The van der Waals surface area contributed by atoms with E-state index >= 15 is 0 Å². The Morgan fingerprint density at radius 3 is 2.40 bits per heavy atom. The minimum atomic E-state index is -1.03. The highest BCUT2D eigenvalue weighted by molar-refractivity contribution is 6.04. The Labute approximate surface area is 315 Å². The molecule has 11 nitrogen and oxygen atoms in total. The van der Waals surface area contributed by atoms with Gasteiger partial charge in [-0.15, -0.1) is 0 Å². The van der Waals surface area contributed by atoms with E-state index in [2.05, 4.69) is 12.1 Å². The average molecular weight is 734 g/mol. The molecule has 3 amide bonds. The Bertz CT molecular complexity index is 1580. The third kappa shape index (κ3) is 10.4. The second kappa shape index (κ2) is 17.5. The SMILES string of the molecule is CCOC[C@H](CCCC(=O)[C@H]1C[C@@H](C(=O)N(c2ccc3c(c2)N(CCCOC)C(=O)C(C)(C)O3)C2CC2)CN(C(=O)OC(C)(C)C)C1)c1ccccc1. The van der Waals surface area contributed by atoms with Crippen LogP contribution in [0.5, 0.6) is 5.75 Å². The van der Waals surface area contributed by atoms with Crippen LogP contribution in [-0.2, 0) is 28.6 Å². The maximum Gasteiger partial charge on any atom is 0.410 e. The summed E-state index contributed by atoms with van der Waals surface area (Å²) in [5.41, 5.74) is 0.711. The number of carbonyl (C=O) groups is 4. The fourth-order valence-electron chi connectivity index (χ4n) is 7.39. The van der Waals surface area contributed by atoms with E-state index in [1.165, 1.54) is 5.56 Å². The van der Waals surface area contributed by atoms with Gasteiger partial charge in [0.05, 0.1) is 18.2 Å². The number of Topliss-reactive ketones (excluding diaryl/α,β-unsaturated/α-hetero) is 1. The third-order valence-electron chi connectivity index (χ3n) is 10.2. The van der Waals surface area contributed by atoms with Crippen molar-refractivity contribution in [3.63, 3.8) is 0 Å². The number of ketones is 1. The number of ether oxygens (including phenoxy) is 4. The monoisotopic (exact) mass is 733 g/mol. The molecule has 2 aromatic carbocycles. The van der Waals surface area contributed by atoms with Crippen molar-refractivity contribution in [2.45, 2.75) is 110 Å². The third-order valence-corrected chi connectivity index (χ3v) is 10.2. The second-order valence-electron chi connectivity index (χ2n) is 16.1. The molecule has 0 spiro atoms. The molecule has 2 aliphatic heterocycles. The van der Waals surface area contributed by atoms with Crippen molar-refractivity contribution in [3.8, 4) is 5.75 Å². The van der Waals surface area contributed by atoms with Crippen LogP contribution in [0.25, 0.3) is 0 Å². The fraction of sp³-hybridized carbons (Fsp3) is 0.619. The summed E-state index contributed by atoms with van der Waals surface area (Å²) < 4.78 is 22.9. The van der Waals surface area contributed by atoms with Crippen LogP contribution in [0.4, 0.5) is 16.2 Å². The first-order valence-corrected chi connectivity index (χ1v) is 19.3. The number of hydrogen-bond acceptors (Lipinski definition) is 8. The topological polar surface area (TPSA) is 115 Å². The molecule has 11 heteroatoms. The molecule has 2 aromatic rings. The van der Waals surface area contributed by atoms with Gasteiger partial charge in [-0.05, 0) is 104 Å². The molecule has 0 aromatic heterocycles. The number of amides is 3. The maximum absolute atomic E-state index is 14.7. The lowest BCUT2D eigenvalue weighted by Gasteiger charge is -2.40. The average Bonchev–Trinajstić information content (AvgIpc) is 3.96. The van der Waals surface area contributed by atoms with Gasteiger partial charge in [-0.25, -0.2) is 4.79 Å². The first kappa shape index (κ1) is 40.2. The first-order valence-electron chi connectivity index (χ1n) is 19.3. The molecule has 1 saturated heterocycles. The van der Waals surface area contributed by atoms with E-state index in [-0.39, 0.29) is 42.6 Å². The Morgan fingerprint density at radius 2 is 1.74 bits per heavy atom. The van der Waals surface area contributed by atoms with Crippen molar-refractivity contribution in [1.82, 2.24) is 4.90 Å². The number of methoxy groups -OCH3 is 1. The molecule has 1 saturated carbocycles. The Balaban J connectivity index is 1.36. The van der Waals surface area contributed by atoms with Gasteiger partial charge in [-0.3, -0.25) is 14.4 Å². The highest BCUT2D eigenvalue weighted by Gasteiger charge is 2.45. The van der Waals surface area contributed by atoms with Gasteiger partial charge < -0.3 is 33.6 Å². The molecule has 1 aliphatic carbocycles. The van der Waals surface area contributed by atoms with E-state index in [0.29, 0.717) is 69.2 Å². The number of rotatable bonds is 16. The number of anilines is 2. The number of likely N-dealkylation sites (tertiary alicyclic amines) is 1. The van der Waals surface area contributed by atoms with E-state index in [0.717, 1.165) is 19.3 Å². The van der Waals surface area contributed by atoms with Gasteiger partial charge in [-0.1, -0.05) is 30.3 Å². The second-order valence-corrected chi connectivity index (χ2v) is 16.1. The number of nitrogens with zero attached hydrogens (tertiary/aromatic N) is 3. The molecule has 2 heterocycles. The molecule has 2 fully saturated rings. The van der Waals surface area contributed by atoms with Crippen LogP contribution in [0.1, 0.15) is 98.0 Å². The number of fused-ring (bicyclic) bond motifs is 1. The summed E-state index contributed by atoms with van der Waals surface area (Å²) >= 11 is 0. The quantitative estimate of drug-likeness (QED) is 0.167. The van der Waals surface area contributed by atoms with Gasteiger partial charge in [0.1, 0.15) is 17.1 Å². The van der Waals surface area contributed by atoms with Crippen LogP contribution in [0, 0.1) is 11.8 Å². The van der Waals surface area contributed by atoms with Crippen LogP contribution < -0.4 is 14.5 Å². The summed E-state index contributed by atoms with van der Waals surface area (Å²) in [5, 5.41) is 0. The van der Waals surface area contributed by atoms with Crippen LogP contribution in [0.15, 0.2) is 48.5 Å². The van der Waals surface area contributed by atoms with Crippen molar-refractivity contribution in [3.05, 3.63) is 54.1 Å². The van der Waals surface area contributed by atoms with Gasteiger partial charge in [0.15, 0.2) is 5.60 Å². The van der Waals surface area contributed by atoms with E-state index in [9.17, 15) is 19.2 Å². The zero-order valence-electron chi connectivity index (χ0n) is 32.7. The van der Waals surface area contributed by atoms with Gasteiger partial charge in [0, 0.05) is 69.9 Å².